The van der Waals surface area contributed by atoms with Gasteiger partial charge in [-0.05, 0) is 190 Å². The molecule has 12 heteroatoms. The second-order valence-electron chi connectivity index (χ2n) is 31.0. The van der Waals surface area contributed by atoms with E-state index >= 15 is 0 Å². The summed E-state index contributed by atoms with van der Waals surface area (Å²) in [7, 11) is 0. The van der Waals surface area contributed by atoms with Gasteiger partial charge >= 0.3 is 0 Å². The van der Waals surface area contributed by atoms with Gasteiger partial charge in [-0.25, -0.2) is 0 Å². The number of nitrogens with zero attached hydrogens (tertiary/aromatic N) is 10. The number of fused-ring (bicyclic) bond motifs is 26. The van der Waals surface area contributed by atoms with E-state index in [9.17, 15) is 21.0 Å². The van der Waals surface area contributed by atoms with Gasteiger partial charge in [-0.1, -0.05) is 194 Å². The summed E-state index contributed by atoms with van der Waals surface area (Å²) in [5, 5.41) is 64.8. The molecule has 0 bridgehead atoms. The lowest BCUT2D eigenvalue weighted by atomic mass is 9.95. The molecule has 25 aromatic rings. The van der Waals surface area contributed by atoms with Crippen LogP contribution < -0.4 is 4.90 Å². The Bertz CT molecular complexity index is 9030. The molecule has 12 nitrogen and oxygen atoms in total. The van der Waals surface area contributed by atoms with E-state index in [0.29, 0.717) is 45.0 Å². The molecule has 0 aliphatic carbocycles. The van der Waals surface area contributed by atoms with Crippen LogP contribution in [0.3, 0.4) is 0 Å². The molecule has 552 valence electrons. The summed E-state index contributed by atoms with van der Waals surface area (Å²) in [5.74, 6) is 0. The van der Waals surface area contributed by atoms with Gasteiger partial charge in [0.2, 0.25) is 0 Å². The van der Waals surface area contributed by atoms with Crippen LogP contribution in [-0.2, 0) is 0 Å². The molecule has 120 heavy (non-hydrogen) atoms. The third kappa shape index (κ3) is 9.30. The highest BCUT2D eigenvalue weighted by Crippen LogP contribution is 2.50. The highest BCUT2D eigenvalue weighted by molar-refractivity contribution is 6.27. The Morgan fingerprint density at radius 3 is 1.35 bits per heavy atom. The minimum Gasteiger partial charge on any atom is -0.456 e. The molecular weight excluding hydrogens is 1470 g/mol. The van der Waals surface area contributed by atoms with Crippen LogP contribution in [0.15, 0.2) is 361 Å². The fourth-order valence-electron chi connectivity index (χ4n) is 19.9. The Labute approximate surface area is 682 Å². The summed E-state index contributed by atoms with van der Waals surface area (Å²) in [4.78, 5) is 2.31. The van der Waals surface area contributed by atoms with Gasteiger partial charge in [-0.15, -0.1) is 0 Å². The van der Waals surface area contributed by atoms with Crippen molar-refractivity contribution in [3.8, 4) is 63.8 Å². The standard InChI is InChI=1S/C108H58N10O2/c109-59-65-52-98(117-90-36-14-9-29-79(90)84-58-104-85(57-100(84)117)80-30-10-16-38-101(80)120-104)66(60-110)51-96(65)115-92-46-41-71(55-86(92)105-74-25-5-4-20-63(74)40-45-94(105)115)113(69-22-2-1-3-23-69)70-24-18-21-64(50-70)73-32-19-33-81-75(73)43-48-95-106(81)87-56-72(114-88-34-12-6-26-76(88)77-27-7-13-35-89(77)114)42-47-93(87)116(95)97-53-68(62-112)99(54-67(97)61-111)118-91-37-15-8-28-78(91)82-44-49-103-107(108(82)118)83-31-11-17-39-102(83)119-103/h1-58H. The molecule has 0 aliphatic heterocycles. The topological polar surface area (TPSA) is 149 Å². The average molecular weight is 1530 g/mol. The van der Waals surface area contributed by atoms with E-state index in [1.165, 1.54) is 0 Å². The Morgan fingerprint density at radius 1 is 0.225 bits per heavy atom. The zero-order valence-electron chi connectivity index (χ0n) is 63.8. The smallest absolute Gasteiger partial charge is 0.137 e. The van der Waals surface area contributed by atoms with Gasteiger partial charge in [-0.2, -0.15) is 21.0 Å². The molecule has 7 aromatic heterocycles. The van der Waals surface area contributed by atoms with Gasteiger partial charge in [0.15, 0.2) is 0 Å². The first kappa shape index (κ1) is 66.3. The molecule has 0 unspecified atom stereocenters. The van der Waals surface area contributed by atoms with Crippen LogP contribution >= 0.6 is 0 Å². The fourth-order valence-corrected chi connectivity index (χ4v) is 19.9. The van der Waals surface area contributed by atoms with Crippen LogP contribution in [-0.4, -0.2) is 22.8 Å². The summed E-state index contributed by atoms with van der Waals surface area (Å²) in [6, 6.07) is 132. The van der Waals surface area contributed by atoms with E-state index in [4.69, 9.17) is 8.83 Å². The maximum atomic E-state index is 11.8. The highest BCUT2D eigenvalue weighted by atomic mass is 16.3. The van der Waals surface area contributed by atoms with Crippen molar-refractivity contribution in [3.05, 3.63) is 374 Å². The molecule has 7 heterocycles. The third-order valence-electron chi connectivity index (χ3n) is 25.0. The zero-order chi connectivity index (χ0) is 79.3. The number of para-hydroxylation sites is 7. The lowest BCUT2D eigenvalue weighted by Crippen LogP contribution is -2.10. The lowest BCUT2D eigenvalue weighted by molar-refractivity contribution is 0.669. The Balaban J connectivity index is 0.668. The lowest BCUT2D eigenvalue weighted by Gasteiger charge is -2.26. The van der Waals surface area contributed by atoms with Gasteiger partial charge in [0.05, 0.1) is 106 Å². The predicted molar refractivity (Wildman–Crippen MR) is 487 cm³/mol. The van der Waals surface area contributed by atoms with Crippen LogP contribution in [0.1, 0.15) is 22.3 Å². The summed E-state index contributed by atoms with van der Waals surface area (Å²) < 4.78 is 23.9. The average Bonchev–Trinajstić information content (AvgIpc) is 1.58. The molecule has 18 aromatic carbocycles. The quantitative estimate of drug-likeness (QED) is 0.140. The van der Waals surface area contributed by atoms with Crippen LogP contribution in [0.2, 0.25) is 0 Å². The van der Waals surface area contributed by atoms with Crippen molar-refractivity contribution in [2.75, 3.05) is 4.90 Å². The molecule has 25 rings (SSSR count). The number of furan rings is 2. The largest absolute Gasteiger partial charge is 0.456 e. The Hall–Kier alpha value is -17.2. The van der Waals surface area contributed by atoms with Crippen molar-refractivity contribution < 1.29 is 8.83 Å². The number of hydrogen-bond donors (Lipinski definition) is 0. The first-order valence-electron chi connectivity index (χ1n) is 39.9. The molecule has 0 amide bonds. The van der Waals surface area contributed by atoms with Gasteiger partial charge in [-0.3, -0.25) is 0 Å². The van der Waals surface area contributed by atoms with Gasteiger partial charge in [0.25, 0.3) is 0 Å². The molecule has 0 spiro atoms. The van der Waals surface area contributed by atoms with E-state index in [1.54, 1.807) is 0 Å². The molecular formula is C108H58N10O2. The fraction of sp³-hybridized carbons (Fsp3) is 0. The van der Waals surface area contributed by atoms with Crippen molar-refractivity contribution in [1.82, 2.24) is 22.8 Å². The molecule has 0 N–H and O–H groups in total. The SMILES string of the molecule is N#Cc1cc(-n2c3ccc(N(c4ccccc4)c4cccc(-c5cccc6c5ccc5c6c6cc(-n7c8ccccc8c8ccccc87)ccc6n5-c5cc(C#N)c(-n6c7ccccc7c7ccc8oc9ccccc9c8c76)cc5C#N)c4)cc3c3c4ccccc4ccc32)c(C#N)cc1-n1c2ccccc2c2cc3oc4ccccc4c3cc21. The number of anilines is 3. The molecule has 0 saturated carbocycles. The van der Waals surface area contributed by atoms with Crippen LogP contribution in [0.25, 0.3) is 214 Å². The maximum absolute atomic E-state index is 11.8. The van der Waals surface area contributed by atoms with Crippen molar-refractivity contribution in [1.29, 1.82) is 21.0 Å². The third-order valence-corrected chi connectivity index (χ3v) is 25.0. The number of rotatable bonds is 9. The van der Waals surface area contributed by atoms with E-state index in [2.05, 4.69) is 307 Å². The molecule has 0 atom stereocenters. The Kier molecular flexibility index (Phi) is 13.9. The Morgan fingerprint density at radius 2 is 0.683 bits per heavy atom. The van der Waals surface area contributed by atoms with Crippen LogP contribution in [0, 0.1) is 45.3 Å². The number of nitriles is 4. The van der Waals surface area contributed by atoms with Crippen LogP contribution in [0.4, 0.5) is 17.1 Å². The zero-order valence-corrected chi connectivity index (χ0v) is 63.8. The second-order valence-corrected chi connectivity index (χ2v) is 31.0. The first-order chi connectivity index (χ1) is 59.4. The number of aromatic nitrogens is 5. The van der Waals surface area contributed by atoms with E-state index in [-0.39, 0.29) is 0 Å². The van der Waals surface area contributed by atoms with Crippen LogP contribution in [0.5, 0.6) is 0 Å². The predicted octanol–water partition coefficient (Wildman–Crippen LogP) is 27.9. The number of benzene rings is 18. The molecule has 0 radical (unpaired) electrons. The second kappa shape index (κ2) is 25.2. The van der Waals surface area contributed by atoms with E-state index in [1.807, 2.05) is 97.1 Å². The molecule has 0 saturated heterocycles. The van der Waals surface area contributed by atoms with Gasteiger partial charge < -0.3 is 36.6 Å². The molecule has 0 aliphatic rings. The molecule has 0 fully saturated rings. The summed E-state index contributed by atoms with van der Waals surface area (Å²) in [6.07, 6.45) is 0. The highest BCUT2D eigenvalue weighted by Gasteiger charge is 2.29. The summed E-state index contributed by atoms with van der Waals surface area (Å²) in [6.45, 7) is 0. The normalized spacial score (nSPS) is 12.0. The minimum absolute atomic E-state index is 0.395. The van der Waals surface area contributed by atoms with Crippen molar-refractivity contribution in [2.45, 2.75) is 0 Å². The monoisotopic (exact) mass is 1530 g/mol. The maximum Gasteiger partial charge on any atom is 0.137 e. The van der Waals surface area contributed by atoms with Gasteiger partial charge in [0, 0.05) is 92.8 Å². The van der Waals surface area contributed by atoms with Gasteiger partial charge in [0.1, 0.15) is 46.6 Å². The van der Waals surface area contributed by atoms with E-state index in [0.717, 1.165) is 208 Å². The first-order valence-corrected chi connectivity index (χ1v) is 39.9. The summed E-state index contributed by atoms with van der Waals surface area (Å²) >= 11 is 0. The minimum atomic E-state index is 0.395. The van der Waals surface area contributed by atoms with Crippen molar-refractivity contribution in [2.24, 2.45) is 0 Å². The van der Waals surface area contributed by atoms with Crippen molar-refractivity contribution in [3.63, 3.8) is 0 Å². The number of hydrogen-bond acceptors (Lipinski definition) is 7. The summed E-state index contributed by atoms with van der Waals surface area (Å²) in [5.41, 5.74) is 22.1. The van der Waals surface area contributed by atoms with Crippen molar-refractivity contribution >= 4 is 192 Å². The van der Waals surface area contributed by atoms with E-state index < -0.39 is 0 Å².